The molecule has 0 nitrogen and oxygen atoms in total. The van der Waals surface area contributed by atoms with E-state index < -0.39 is 0 Å². The first-order chi connectivity index (χ1) is 8.13. The van der Waals surface area contributed by atoms with E-state index in [-0.39, 0.29) is 0 Å². The number of allylic oxidation sites excluding steroid dienone is 8. The van der Waals surface area contributed by atoms with Crippen LogP contribution in [0.4, 0.5) is 0 Å². The van der Waals surface area contributed by atoms with Crippen LogP contribution in [0.5, 0.6) is 0 Å². The first kappa shape index (κ1) is 15.8. The maximum atomic E-state index is 3.85. The van der Waals surface area contributed by atoms with Gasteiger partial charge >= 0.3 is 0 Å². The highest BCUT2D eigenvalue weighted by molar-refractivity contribution is 8.07. The Balaban J connectivity index is 4.57. The Labute approximate surface area is 110 Å². The number of thioether (sulfide) groups is 1. The molecule has 17 heavy (non-hydrogen) atoms. The van der Waals surface area contributed by atoms with Gasteiger partial charge in [0.05, 0.1) is 0 Å². The molecule has 92 valence electrons. The first-order valence-electron chi connectivity index (χ1n) is 5.73. The molecule has 0 aliphatic carbocycles. The van der Waals surface area contributed by atoms with Crippen LogP contribution in [0.1, 0.15) is 27.2 Å². The molecule has 0 heterocycles. The smallest absolute Gasteiger partial charge is 0.00791 e. The van der Waals surface area contributed by atoms with E-state index >= 15 is 0 Å². The van der Waals surface area contributed by atoms with Crippen LogP contribution >= 0.6 is 11.8 Å². The summed E-state index contributed by atoms with van der Waals surface area (Å²) in [6.45, 7) is 13.8. The molecule has 0 aromatic rings. The van der Waals surface area contributed by atoms with Gasteiger partial charge in [-0.25, -0.2) is 0 Å². The minimum atomic E-state index is 0.957. The molecule has 0 saturated heterocycles. The largest absolute Gasteiger partial charge is 0.0991 e. The van der Waals surface area contributed by atoms with Crippen molar-refractivity contribution < 1.29 is 0 Å². The SMILES string of the molecule is C=C/C=C\C(=C/C)S/C(C=C)=C/CC=C(C)C. The zero-order chi connectivity index (χ0) is 13.1. The lowest BCUT2D eigenvalue weighted by atomic mass is 10.2. The summed E-state index contributed by atoms with van der Waals surface area (Å²) in [7, 11) is 0. The molecule has 0 aliphatic heterocycles. The van der Waals surface area contributed by atoms with Crippen LogP contribution in [0.2, 0.25) is 0 Å². The normalized spacial score (nSPS) is 12.6. The molecule has 0 rings (SSSR count). The van der Waals surface area contributed by atoms with Gasteiger partial charge in [-0.2, -0.15) is 0 Å². The van der Waals surface area contributed by atoms with Crippen molar-refractivity contribution in [3.05, 3.63) is 71.1 Å². The third kappa shape index (κ3) is 8.58. The lowest BCUT2D eigenvalue weighted by Crippen LogP contribution is -1.75. The second-order valence-corrected chi connectivity index (χ2v) is 4.86. The fourth-order valence-electron chi connectivity index (χ4n) is 1.07. The standard InChI is InChI=1S/C16H22S/c1-6-9-12-15(7-2)17-16(8-3)13-10-11-14(4)5/h6-9,11-13H,1,3,10H2,2,4-5H3/b12-9-,15-7+,16-13+. The van der Waals surface area contributed by atoms with Crippen molar-refractivity contribution >= 4 is 11.8 Å². The lowest BCUT2D eigenvalue weighted by molar-refractivity contribution is 1.28. The van der Waals surface area contributed by atoms with E-state index in [1.54, 1.807) is 17.8 Å². The summed E-state index contributed by atoms with van der Waals surface area (Å²) in [5.41, 5.74) is 1.34. The molecule has 0 radical (unpaired) electrons. The maximum Gasteiger partial charge on any atom is 0.00791 e. The highest BCUT2D eigenvalue weighted by Gasteiger charge is 1.95. The van der Waals surface area contributed by atoms with Gasteiger partial charge in [-0.15, -0.1) is 0 Å². The second kappa shape index (κ2) is 9.98. The number of rotatable bonds is 7. The van der Waals surface area contributed by atoms with E-state index in [0.29, 0.717) is 0 Å². The van der Waals surface area contributed by atoms with E-state index in [2.05, 4.69) is 51.3 Å². The molecule has 0 atom stereocenters. The maximum absolute atomic E-state index is 3.85. The van der Waals surface area contributed by atoms with Crippen LogP contribution in [0, 0.1) is 0 Å². The van der Waals surface area contributed by atoms with Gasteiger partial charge in [-0.1, -0.05) is 66.9 Å². The van der Waals surface area contributed by atoms with Crippen molar-refractivity contribution in [1.29, 1.82) is 0 Å². The Hall–Kier alpha value is -1.21. The molecular weight excluding hydrogens is 224 g/mol. The third-order valence-corrected chi connectivity index (χ3v) is 3.14. The van der Waals surface area contributed by atoms with Crippen LogP contribution in [-0.4, -0.2) is 0 Å². The van der Waals surface area contributed by atoms with Gasteiger partial charge < -0.3 is 0 Å². The Morgan fingerprint density at radius 3 is 2.29 bits per heavy atom. The van der Waals surface area contributed by atoms with Gasteiger partial charge in [-0.3, -0.25) is 0 Å². The predicted octanol–water partition coefficient (Wildman–Crippen LogP) is 5.79. The van der Waals surface area contributed by atoms with Crippen molar-refractivity contribution in [1.82, 2.24) is 0 Å². The Kier molecular flexibility index (Phi) is 9.27. The van der Waals surface area contributed by atoms with Crippen molar-refractivity contribution in [2.75, 3.05) is 0 Å². The molecule has 0 N–H and O–H groups in total. The van der Waals surface area contributed by atoms with Crippen LogP contribution in [0.25, 0.3) is 0 Å². The molecule has 0 bridgehead atoms. The zero-order valence-corrected chi connectivity index (χ0v) is 11.9. The predicted molar refractivity (Wildman–Crippen MR) is 83.0 cm³/mol. The Morgan fingerprint density at radius 2 is 1.82 bits per heavy atom. The number of hydrogen-bond donors (Lipinski definition) is 0. The van der Waals surface area contributed by atoms with E-state index in [0.717, 1.165) is 6.42 Å². The molecule has 0 aliphatic rings. The summed E-state index contributed by atoms with van der Waals surface area (Å²) in [5, 5.41) is 0. The summed E-state index contributed by atoms with van der Waals surface area (Å²) in [5.74, 6) is 0. The zero-order valence-electron chi connectivity index (χ0n) is 11.1. The van der Waals surface area contributed by atoms with Crippen LogP contribution in [-0.2, 0) is 0 Å². The topological polar surface area (TPSA) is 0 Å². The fraction of sp³-hybridized carbons (Fsp3) is 0.250. The van der Waals surface area contributed by atoms with Gasteiger partial charge in [0.2, 0.25) is 0 Å². The Bertz CT molecular complexity index is 361. The lowest BCUT2D eigenvalue weighted by Gasteiger charge is -2.02. The average Bonchev–Trinajstić information content (AvgIpc) is 2.31. The molecule has 0 fully saturated rings. The van der Waals surface area contributed by atoms with Gasteiger partial charge in [0.25, 0.3) is 0 Å². The summed E-state index contributed by atoms with van der Waals surface area (Å²) in [6.07, 6.45) is 15.1. The monoisotopic (exact) mass is 246 g/mol. The molecule has 0 aromatic heterocycles. The van der Waals surface area contributed by atoms with Crippen molar-refractivity contribution in [3.63, 3.8) is 0 Å². The molecular formula is C16H22S. The van der Waals surface area contributed by atoms with Crippen molar-refractivity contribution in [2.45, 2.75) is 27.2 Å². The quantitative estimate of drug-likeness (QED) is 0.404. The van der Waals surface area contributed by atoms with Gasteiger partial charge in [0.15, 0.2) is 0 Å². The Morgan fingerprint density at radius 1 is 1.12 bits per heavy atom. The van der Waals surface area contributed by atoms with E-state index in [1.807, 2.05) is 19.1 Å². The highest BCUT2D eigenvalue weighted by atomic mass is 32.2. The minimum absolute atomic E-state index is 0.957. The first-order valence-corrected chi connectivity index (χ1v) is 6.55. The highest BCUT2D eigenvalue weighted by Crippen LogP contribution is 2.27. The molecule has 0 saturated carbocycles. The molecule has 1 heteroatoms. The molecule has 0 aromatic carbocycles. The summed E-state index contributed by atoms with van der Waals surface area (Å²) in [4.78, 5) is 2.39. The van der Waals surface area contributed by atoms with E-state index in [4.69, 9.17) is 0 Å². The van der Waals surface area contributed by atoms with Gasteiger partial charge in [-0.05, 0) is 33.3 Å². The fourth-order valence-corrected chi connectivity index (χ4v) is 1.87. The van der Waals surface area contributed by atoms with Crippen LogP contribution < -0.4 is 0 Å². The van der Waals surface area contributed by atoms with Crippen molar-refractivity contribution in [3.8, 4) is 0 Å². The van der Waals surface area contributed by atoms with E-state index in [1.165, 1.54) is 15.4 Å². The van der Waals surface area contributed by atoms with Gasteiger partial charge in [0, 0.05) is 9.81 Å². The summed E-state index contributed by atoms with van der Waals surface area (Å²) < 4.78 is 0. The van der Waals surface area contributed by atoms with Crippen molar-refractivity contribution in [2.24, 2.45) is 0 Å². The molecule has 0 amide bonds. The molecule has 0 spiro atoms. The summed E-state index contributed by atoms with van der Waals surface area (Å²) in [6, 6.07) is 0. The van der Waals surface area contributed by atoms with E-state index in [9.17, 15) is 0 Å². The van der Waals surface area contributed by atoms with Crippen LogP contribution in [0.15, 0.2) is 71.1 Å². The number of hydrogen-bond acceptors (Lipinski definition) is 1. The average molecular weight is 246 g/mol. The minimum Gasteiger partial charge on any atom is -0.0991 e. The second-order valence-electron chi connectivity index (χ2n) is 3.72. The molecule has 0 unspecified atom stereocenters. The van der Waals surface area contributed by atoms with Crippen LogP contribution in [0.3, 0.4) is 0 Å². The van der Waals surface area contributed by atoms with Gasteiger partial charge in [0.1, 0.15) is 0 Å². The summed E-state index contributed by atoms with van der Waals surface area (Å²) >= 11 is 1.72. The third-order valence-electron chi connectivity index (χ3n) is 1.96.